The molecule has 0 saturated carbocycles. The quantitative estimate of drug-likeness (QED) is 0.361. The zero-order chi connectivity index (χ0) is 22.9. The fourth-order valence-electron chi connectivity index (χ4n) is 4.18. The number of halogens is 2. The Hall–Kier alpha value is -2.91. The van der Waals surface area contributed by atoms with Crippen LogP contribution in [0, 0.1) is 10.1 Å². The lowest BCUT2D eigenvalue weighted by Crippen LogP contribution is -2.39. The lowest BCUT2D eigenvalue weighted by molar-refractivity contribution is -0.385. The third-order valence-electron chi connectivity index (χ3n) is 5.66. The topological polar surface area (TPSA) is 87.0 Å². The maximum atomic E-state index is 11.6. The Balaban J connectivity index is 1.47. The normalized spacial score (nSPS) is 19.5. The van der Waals surface area contributed by atoms with Crippen LogP contribution in [0.1, 0.15) is 11.6 Å². The van der Waals surface area contributed by atoms with Crippen molar-refractivity contribution in [1.82, 2.24) is 9.88 Å². The second kappa shape index (κ2) is 9.15. The van der Waals surface area contributed by atoms with E-state index in [1.807, 2.05) is 12.1 Å². The molecule has 2 aliphatic heterocycles. The first kappa shape index (κ1) is 21.9. The molecule has 0 N–H and O–H groups in total. The first-order chi connectivity index (χ1) is 16.0. The van der Waals surface area contributed by atoms with E-state index in [1.165, 1.54) is 6.07 Å². The van der Waals surface area contributed by atoms with Crippen molar-refractivity contribution in [2.75, 3.05) is 32.9 Å². The second-order valence-corrected chi connectivity index (χ2v) is 8.46. The largest absolute Gasteiger partial charge is 0.487 e. The number of nitro benzene ring substituents is 1. The number of nitro groups is 1. The van der Waals surface area contributed by atoms with Gasteiger partial charge >= 0.3 is 5.69 Å². The summed E-state index contributed by atoms with van der Waals surface area (Å²) >= 11 is 12.5. The van der Waals surface area contributed by atoms with Crippen molar-refractivity contribution >= 4 is 39.8 Å². The van der Waals surface area contributed by atoms with Gasteiger partial charge in [-0.15, -0.1) is 0 Å². The molecule has 2 aromatic carbocycles. The minimum absolute atomic E-state index is 0.159. The molecule has 0 radical (unpaired) electrons. The molecule has 1 unspecified atom stereocenters. The van der Waals surface area contributed by atoms with E-state index in [0.717, 1.165) is 5.39 Å². The van der Waals surface area contributed by atoms with Crippen molar-refractivity contribution in [1.29, 1.82) is 0 Å². The summed E-state index contributed by atoms with van der Waals surface area (Å²) in [6.45, 7) is 2.65. The lowest BCUT2D eigenvalue weighted by Gasteiger charge is -2.32. The number of pyridine rings is 1. The maximum Gasteiger partial charge on any atom is 0.313 e. The molecule has 3 aromatic rings. The van der Waals surface area contributed by atoms with Crippen LogP contribution in [0.4, 0.5) is 5.69 Å². The molecular weight excluding hydrogens is 469 g/mol. The highest BCUT2D eigenvalue weighted by Gasteiger charge is 2.39. The molecule has 1 fully saturated rings. The number of ether oxygens (including phenoxy) is 3. The zero-order valence-corrected chi connectivity index (χ0v) is 18.9. The van der Waals surface area contributed by atoms with Crippen LogP contribution in [-0.4, -0.2) is 47.7 Å². The summed E-state index contributed by atoms with van der Waals surface area (Å²) in [5, 5.41) is 13.3. The summed E-state index contributed by atoms with van der Waals surface area (Å²) in [6, 6.07) is 9.94. The molecule has 10 heteroatoms. The van der Waals surface area contributed by atoms with Crippen LogP contribution in [0.15, 0.2) is 54.4 Å². The minimum Gasteiger partial charge on any atom is -0.487 e. The summed E-state index contributed by atoms with van der Waals surface area (Å²) in [4.78, 5) is 17.7. The van der Waals surface area contributed by atoms with Crippen molar-refractivity contribution < 1.29 is 19.1 Å². The summed E-state index contributed by atoms with van der Waals surface area (Å²) in [5.74, 6) is 1.36. The Bertz CT molecular complexity index is 1260. The van der Waals surface area contributed by atoms with Crippen LogP contribution in [0.25, 0.3) is 10.9 Å². The van der Waals surface area contributed by atoms with Gasteiger partial charge in [-0.05, 0) is 36.4 Å². The van der Waals surface area contributed by atoms with E-state index in [1.54, 1.807) is 30.5 Å². The van der Waals surface area contributed by atoms with Crippen LogP contribution < -0.4 is 9.47 Å². The number of benzene rings is 2. The molecule has 1 aromatic heterocycles. The van der Waals surface area contributed by atoms with Gasteiger partial charge in [0.25, 0.3) is 0 Å². The second-order valence-electron chi connectivity index (χ2n) is 7.62. The van der Waals surface area contributed by atoms with Crippen molar-refractivity contribution in [2.24, 2.45) is 0 Å². The number of fused-ring (bicyclic) bond motifs is 2. The average Bonchev–Trinajstić information content (AvgIpc) is 3.18. The average molecular weight is 488 g/mol. The number of nitrogens with zero attached hydrogens (tertiary/aromatic N) is 3. The minimum atomic E-state index is -0.480. The molecule has 0 amide bonds. The molecule has 1 saturated heterocycles. The molecule has 170 valence electrons. The molecular formula is C23H19Cl2N3O5. The molecule has 0 spiro atoms. The monoisotopic (exact) mass is 487 g/mol. The summed E-state index contributed by atoms with van der Waals surface area (Å²) in [6.07, 6.45) is 3.47. The van der Waals surface area contributed by atoms with E-state index in [2.05, 4.69) is 9.88 Å². The highest BCUT2D eigenvalue weighted by molar-refractivity contribution is 6.35. The summed E-state index contributed by atoms with van der Waals surface area (Å²) in [7, 11) is 0. The molecule has 0 aliphatic carbocycles. The van der Waals surface area contributed by atoms with E-state index in [-0.39, 0.29) is 24.1 Å². The SMILES string of the molecule is O=[N+]([O-])c1cc(Cl)cc2c1OC(=CCOc1ccc(Cl)c3cccnc13)C2N1CCOCC1. The molecule has 2 aliphatic rings. The maximum absolute atomic E-state index is 11.6. The van der Waals surface area contributed by atoms with Gasteiger partial charge in [0.15, 0.2) is 0 Å². The van der Waals surface area contributed by atoms with Gasteiger partial charge in [0.1, 0.15) is 23.6 Å². The van der Waals surface area contributed by atoms with E-state index >= 15 is 0 Å². The van der Waals surface area contributed by atoms with Gasteiger partial charge in [-0.1, -0.05) is 23.2 Å². The van der Waals surface area contributed by atoms with Crippen molar-refractivity contribution in [3.8, 4) is 11.5 Å². The number of hydrogen-bond acceptors (Lipinski definition) is 7. The summed E-state index contributed by atoms with van der Waals surface area (Å²) < 4.78 is 17.5. The standard InChI is InChI=1S/C23H19Cl2N3O5/c24-14-12-16-22(27-7-10-31-11-8-27)20(33-23(16)18(13-14)28(29)30)5-9-32-19-4-3-17(25)15-2-1-6-26-21(15)19/h1-6,12-13,22H,7-11H2. The van der Waals surface area contributed by atoms with E-state index in [4.69, 9.17) is 37.4 Å². The number of aromatic nitrogens is 1. The Morgan fingerprint density at radius 3 is 2.85 bits per heavy atom. The van der Waals surface area contributed by atoms with Crippen LogP contribution in [-0.2, 0) is 4.74 Å². The zero-order valence-electron chi connectivity index (χ0n) is 17.4. The van der Waals surface area contributed by atoms with E-state index in [0.29, 0.717) is 58.9 Å². The van der Waals surface area contributed by atoms with Gasteiger partial charge in [-0.25, -0.2) is 0 Å². The van der Waals surface area contributed by atoms with Crippen LogP contribution in [0.5, 0.6) is 11.5 Å². The Kier molecular flexibility index (Phi) is 6.07. The molecule has 8 nitrogen and oxygen atoms in total. The Morgan fingerprint density at radius 1 is 1.24 bits per heavy atom. The number of hydrogen-bond donors (Lipinski definition) is 0. The third-order valence-corrected chi connectivity index (χ3v) is 6.20. The smallest absolute Gasteiger partial charge is 0.313 e. The third kappa shape index (κ3) is 4.22. The lowest BCUT2D eigenvalue weighted by atomic mass is 10.0. The highest BCUT2D eigenvalue weighted by Crippen LogP contribution is 2.49. The molecule has 5 rings (SSSR count). The van der Waals surface area contributed by atoms with Gasteiger partial charge in [0, 0.05) is 41.3 Å². The first-order valence-corrected chi connectivity index (χ1v) is 11.1. The Morgan fingerprint density at radius 2 is 2.06 bits per heavy atom. The fraction of sp³-hybridized carbons (Fsp3) is 0.261. The molecule has 33 heavy (non-hydrogen) atoms. The van der Waals surface area contributed by atoms with Gasteiger partial charge in [0.2, 0.25) is 5.75 Å². The first-order valence-electron chi connectivity index (χ1n) is 10.4. The van der Waals surface area contributed by atoms with Crippen molar-refractivity contribution in [2.45, 2.75) is 6.04 Å². The van der Waals surface area contributed by atoms with Crippen molar-refractivity contribution in [3.05, 3.63) is 80.2 Å². The van der Waals surface area contributed by atoms with E-state index in [9.17, 15) is 10.1 Å². The van der Waals surface area contributed by atoms with E-state index < -0.39 is 4.92 Å². The molecule has 1 atom stereocenters. The summed E-state index contributed by atoms with van der Waals surface area (Å²) in [5.41, 5.74) is 1.17. The van der Waals surface area contributed by atoms with Gasteiger partial charge in [0.05, 0.1) is 29.2 Å². The van der Waals surface area contributed by atoms with Crippen molar-refractivity contribution in [3.63, 3.8) is 0 Å². The van der Waals surface area contributed by atoms with Crippen LogP contribution in [0.2, 0.25) is 10.0 Å². The predicted octanol–water partition coefficient (Wildman–Crippen LogP) is 5.18. The molecule has 3 heterocycles. The van der Waals surface area contributed by atoms with Crippen LogP contribution in [0.3, 0.4) is 0 Å². The number of rotatable bonds is 5. The molecule has 0 bridgehead atoms. The van der Waals surface area contributed by atoms with Gasteiger partial charge < -0.3 is 14.2 Å². The van der Waals surface area contributed by atoms with Gasteiger partial charge in [-0.3, -0.25) is 20.0 Å². The van der Waals surface area contributed by atoms with Crippen LogP contribution >= 0.6 is 23.2 Å². The number of morpholine rings is 1. The fourth-order valence-corrected chi connectivity index (χ4v) is 4.62. The highest BCUT2D eigenvalue weighted by atomic mass is 35.5. The predicted molar refractivity (Wildman–Crippen MR) is 124 cm³/mol. The Labute approximate surface area is 199 Å². The van der Waals surface area contributed by atoms with Gasteiger partial charge in [-0.2, -0.15) is 0 Å².